The third-order valence-corrected chi connectivity index (χ3v) is 4.94. The van der Waals surface area contributed by atoms with Gasteiger partial charge in [0.2, 0.25) is 5.91 Å². The molecule has 1 aliphatic rings. The zero-order chi connectivity index (χ0) is 19.6. The average molecular weight is 389 g/mol. The summed E-state index contributed by atoms with van der Waals surface area (Å²) in [6.45, 7) is 2.51. The van der Waals surface area contributed by atoms with Gasteiger partial charge < -0.3 is 19.3 Å². The van der Waals surface area contributed by atoms with Crippen molar-refractivity contribution in [2.45, 2.75) is 13.0 Å². The number of piperazine rings is 1. The number of nitrogens with zero attached hydrogens (tertiary/aromatic N) is 2. The van der Waals surface area contributed by atoms with Gasteiger partial charge in [-0.2, -0.15) is 0 Å². The van der Waals surface area contributed by atoms with Crippen LogP contribution in [0.4, 0.5) is 5.69 Å². The summed E-state index contributed by atoms with van der Waals surface area (Å²) in [5.74, 6) is 0.847. The SMILES string of the molecule is COc1ccc(OC)c(N2CCN(C(=O)c3ccc(Cl)cc3)[C@H](C)C2=O)c1. The number of benzene rings is 2. The largest absolute Gasteiger partial charge is 0.497 e. The quantitative estimate of drug-likeness (QED) is 0.806. The molecule has 1 aliphatic heterocycles. The van der Waals surface area contributed by atoms with Gasteiger partial charge in [-0.25, -0.2) is 0 Å². The minimum Gasteiger partial charge on any atom is -0.497 e. The standard InChI is InChI=1S/C20H21ClN2O4/c1-13-19(24)23(17-12-16(26-2)8-9-18(17)27-3)11-10-22(13)20(25)14-4-6-15(21)7-5-14/h4-9,12-13H,10-11H2,1-3H3/t13-/m1/s1. The van der Waals surface area contributed by atoms with E-state index in [1.165, 1.54) is 0 Å². The second-order valence-corrected chi connectivity index (χ2v) is 6.65. The van der Waals surface area contributed by atoms with Crippen molar-refractivity contribution >= 4 is 29.1 Å². The van der Waals surface area contributed by atoms with Gasteiger partial charge in [-0.15, -0.1) is 0 Å². The molecule has 2 amide bonds. The summed E-state index contributed by atoms with van der Waals surface area (Å²) in [6.07, 6.45) is 0. The first-order chi connectivity index (χ1) is 13.0. The van der Waals surface area contributed by atoms with E-state index in [-0.39, 0.29) is 11.8 Å². The molecule has 3 rings (SSSR count). The molecule has 2 aromatic carbocycles. The van der Waals surface area contributed by atoms with Gasteiger partial charge in [-0.3, -0.25) is 9.59 Å². The van der Waals surface area contributed by atoms with Gasteiger partial charge in [0, 0.05) is 29.7 Å². The normalized spacial score (nSPS) is 17.0. The maximum Gasteiger partial charge on any atom is 0.254 e. The molecule has 7 heteroatoms. The third kappa shape index (κ3) is 3.71. The Labute approximate surface area is 163 Å². The molecule has 142 valence electrons. The van der Waals surface area contributed by atoms with Crippen molar-refractivity contribution < 1.29 is 19.1 Å². The smallest absolute Gasteiger partial charge is 0.254 e. The maximum absolute atomic E-state index is 13.0. The Morgan fingerprint density at radius 2 is 1.78 bits per heavy atom. The van der Waals surface area contributed by atoms with Crippen LogP contribution >= 0.6 is 11.6 Å². The molecule has 0 aliphatic carbocycles. The molecule has 0 bridgehead atoms. The summed E-state index contributed by atoms with van der Waals surface area (Å²) in [7, 11) is 3.12. The van der Waals surface area contributed by atoms with E-state index in [0.717, 1.165) is 0 Å². The van der Waals surface area contributed by atoms with Gasteiger partial charge in [0.15, 0.2) is 0 Å². The van der Waals surface area contributed by atoms with Gasteiger partial charge in [0.05, 0.1) is 19.9 Å². The molecular formula is C20H21ClN2O4. The molecule has 0 radical (unpaired) electrons. The Kier molecular flexibility index (Phi) is 5.56. The van der Waals surface area contributed by atoms with Crippen LogP contribution in [0.5, 0.6) is 11.5 Å². The molecule has 0 N–H and O–H groups in total. The topological polar surface area (TPSA) is 59.1 Å². The van der Waals surface area contributed by atoms with Crippen LogP contribution < -0.4 is 14.4 Å². The fraction of sp³-hybridized carbons (Fsp3) is 0.300. The van der Waals surface area contributed by atoms with Crippen molar-refractivity contribution in [1.82, 2.24) is 4.90 Å². The Bertz CT molecular complexity index is 854. The highest BCUT2D eigenvalue weighted by molar-refractivity contribution is 6.30. The number of halogens is 1. The summed E-state index contributed by atoms with van der Waals surface area (Å²) < 4.78 is 10.7. The fourth-order valence-corrected chi connectivity index (χ4v) is 3.28. The summed E-state index contributed by atoms with van der Waals surface area (Å²) in [6, 6.07) is 11.4. The van der Waals surface area contributed by atoms with E-state index in [9.17, 15) is 9.59 Å². The molecule has 0 aromatic heterocycles. The lowest BCUT2D eigenvalue weighted by Gasteiger charge is -2.39. The first-order valence-corrected chi connectivity index (χ1v) is 8.94. The molecular weight excluding hydrogens is 368 g/mol. The predicted molar refractivity (Wildman–Crippen MR) is 104 cm³/mol. The van der Waals surface area contributed by atoms with Gasteiger partial charge >= 0.3 is 0 Å². The average Bonchev–Trinajstić information content (AvgIpc) is 2.69. The lowest BCUT2D eigenvalue weighted by molar-refractivity contribution is -0.124. The summed E-state index contributed by atoms with van der Waals surface area (Å²) in [4.78, 5) is 29.0. The van der Waals surface area contributed by atoms with Crippen LogP contribution in [0.2, 0.25) is 5.02 Å². The number of hydrogen-bond donors (Lipinski definition) is 0. The molecule has 1 atom stereocenters. The number of carbonyl (C=O) groups is 2. The second-order valence-electron chi connectivity index (χ2n) is 6.21. The Morgan fingerprint density at radius 3 is 2.41 bits per heavy atom. The van der Waals surface area contributed by atoms with Crippen molar-refractivity contribution in [2.75, 3.05) is 32.2 Å². The number of ether oxygens (including phenoxy) is 2. The number of amides is 2. The van der Waals surface area contributed by atoms with Crippen LogP contribution in [0.15, 0.2) is 42.5 Å². The maximum atomic E-state index is 13.0. The minimum atomic E-state index is -0.599. The molecule has 1 saturated heterocycles. The number of methoxy groups -OCH3 is 2. The first kappa shape index (κ1) is 19.0. The Hall–Kier alpha value is -2.73. The van der Waals surface area contributed by atoms with Crippen LogP contribution in [0.3, 0.4) is 0 Å². The lowest BCUT2D eigenvalue weighted by Crippen LogP contribution is -2.57. The number of carbonyl (C=O) groups excluding carboxylic acids is 2. The zero-order valence-electron chi connectivity index (χ0n) is 15.4. The Morgan fingerprint density at radius 1 is 1.07 bits per heavy atom. The fourth-order valence-electron chi connectivity index (χ4n) is 3.15. The lowest BCUT2D eigenvalue weighted by atomic mass is 10.1. The molecule has 2 aromatic rings. The van der Waals surface area contributed by atoms with Crippen molar-refractivity contribution in [3.8, 4) is 11.5 Å². The van der Waals surface area contributed by atoms with Gasteiger partial charge in [0.25, 0.3) is 5.91 Å². The number of hydrogen-bond acceptors (Lipinski definition) is 4. The van der Waals surface area contributed by atoms with Crippen LogP contribution in [0, 0.1) is 0 Å². The zero-order valence-corrected chi connectivity index (χ0v) is 16.2. The van der Waals surface area contributed by atoms with Gasteiger partial charge in [0.1, 0.15) is 17.5 Å². The van der Waals surface area contributed by atoms with Crippen molar-refractivity contribution in [1.29, 1.82) is 0 Å². The van der Waals surface area contributed by atoms with E-state index in [1.54, 1.807) is 73.4 Å². The van der Waals surface area contributed by atoms with E-state index in [1.807, 2.05) is 0 Å². The highest BCUT2D eigenvalue weighted by Gasteiger charge is 2.36. The molecule has 6 nitrogen and oxygen atoms in total. The van der Waals surface area contributed by atoms with Crippen molar-refractivity contribution in [3.63, 3.8) is 0 Å². The third-order valence-electron chi connectivity index (χ3n) is 4.68. The highest BCUT2D eigenvalue weighted by Crippen LogP contribution is 2.34. The van der Waals surface area contributed by atoms with E-state index in [2.05, 4.69) is 0 Å². The highest BCUT2D eigenvalue weighted by atomic mass is 35.5. The van der Waals surface area contributed by atoms with E-state index >= 15 is 0 Å². The van der Waals surface area contributed by atoms with Crippen LogP contribution in [-0.4, -0.2) is 50.1 Å². The summed E-state index contributed by atoms with van der Waals surface area (Å²) in [5.41, 5.74) is 1.14. The van der Waals surface area contributed by atoms with Crippen LogP contribution in [0.1, 0.15) is 17.3 Å². The van der Waals surface area contributed by atoms with Crippen molar-refractivity contribution in [3.05, 3.63) is 53.1 Å². The first-order valence-electron chi connectivity index (χ1n) is 8.56. The molecule has 1 heterocycles. The summed E-state index contributed by atoms with van der Waals surface area (Å²) >= 11 is 5.89. The van der Waals surface area contributed by atoms with E-state index in [4.69, 9.17) is 21.1 Å². The molecule has 0 spiro atoms. The van der Waals surface area contributed by atoms with Gasteiger partial charge in [-0.05, 0) is 43.3 Å². The van der Waals surface area contributed by atoms with Crippen molar-refractivity contribution in [2.24, 2.45) is 0 Å². The molecule has 0 unspecified atom stereocenters. The van der Waals surface area contributed by atoms with E-state index in [0.29, 0.717) is 40.9 Å². The molecule has 27 heavy (non-hydrogen) atoms. The van der Waals surface area contributed by atoms with Crippen LogP contribution in [0.25, 0.3) is 0 Å². The van der Waals surface area contributed by atoms with E-state index < -0.39 is 6.04 Å². The number of anilines is 1. The summed E-state index contributed by atoms with van der Waals surface area (Å²) in [5, 5.41) is 0.561. The van der Waals surface area contributed by atoms with Crippen LogP contribution in [-0.2, 0) is 4.79 Å². The number of rotatable bonds is 4. The Balaban J connectivity index is 1.84. The molecule has 0 saturated carbocycles. The predicted octanol–water partition coefficient (Wildman–Crippen LogP) is 3.23. The van der Waals surface area contributed by atoms with Gasteiger partial charge in [-0.1, -0.05) is 11.6 Å². The second kappa shape index (κ2) is 7.88. The minimum absolute atomic E-state index is 0.171. The monoisotopic (exact) mass is 388 g/mol. The molecule has 1 fully saturated rings.